The largest absolute Gasteiger partial charge is 0.484 e. The molecule has 3 N–H and O–H groups in total. The Kier molecular flexibility index (Phi) is 5.24. The first-order valence-corrected chi connectivity index (χ1v) is 7.63. The molecular formula is C15H21N3OS. The molecule has 0 radical (unpaired) electrons. The summed E-state index contributed by atoms with van der Waals surface area (Å²) in [5.74, 6) is 1.15. The van der Waals surface area contributed by atoms with Crippen molar-refractivity contribution in [2.45, 2.75) is 32.8 Å². The third kappa shape index (κ3) is 4.13. The lowest BCUT2D eigenvalue weighted by atomic mass is 10.1. The lowest BCUT2D eigenvalue weighted by molar-refractivity contribution is 0.245. The van der Waals surface area contributed by atoms with E-state index in [0.29, 0.717) is 11.6 Å². The minimum atomic E-state index is 0.0959. The normalized spacial score (nSPS) is 10.8. The summed E-state index contributed by atoms with van der Waals surface area (Å²) < 4.78 is 9.83. The van der Waals surface area contributed by atoms with Crippen LogP contribution in [0.25, 0.3) is 0 Å². The van der Waals surface area contributed by atoms with E-state index in [1.165, 1.54) is 17.1 Å². The Hall–Kier alpha value is -1.75. The van der Waals surface area contributed by atoms with Crippen LogP contribution in [0.3, 0.4) is 0 Å². The van der Waals surface area contributed by atoms with Crippen LogP contribution in [0.4, 0.5) is 10.8 Å². The van der Waals surface area contributed by atoms with Crippen molar-refractivity contribution in [3.05, 3.63) is 35.9 Å². The van der Waals surface area contributed by atoms with Crippen molar-refractivity contribution < 1.29 is 4.74 Å². The van der Waals surface area contributed by atoms with E-state index in [1.807, 2.05) is 19.9 Å². The first kappa shape index (κ1) is 14.7. The Bertz CT molecular complexity index is 525. The molecule has 0 amide bonds. The second-order valence-electron chi connectivity index (χ2n) is 4.91. The number of nitrogens with one attached hydrogen (secondary N) is 1. The number of nitrogen functional groups attached to an aromatic ring is 1. The first-order valence-electron chi connectivity index (χ1n) is 6.86. The molecule has 1 aromatic carbocycles. The second kappa shape index (κ2) is 7.14. The number of anilines is 2. The van der Waals surface area contributed by atoms with E-state index in [9.17, 15) is 0 Å². The summed E-state index contributed by atoms with van der Waals surface area (Å²) in [6.45, 7) is 4.84. The lowest BCUT2D eigenvalue weighted by Crippen LogP contribution is -2.09. The Balaban J connectivity index is 1.82. The maximum absolute atomic E-state index is 5.82. The summed E-state index contributed by atoms with van der Waals surface area (Å²) in [6, 6.07) is 10.5. The van der Waals surface area contributed by atoms with Crippen LogP contribution in [0.15, 0.2) is 30.3 Å². The number of hydrogen-bond acceptors (Lipinski definition) is 5. The van der Waals surface area contributed by atoms with Gasteiger partial charge >= 0.3 is 0 Å². The second-order valence-corrected chi connectivity index (χ2v) is 5.68. The van der Waals surface area contributed by atoms with Crippen LogP contribution in [0.2, 0.25) is 0 Å². The van der Waals surface area contributed by atoms with Crippen molar-refractivity contribution in [1.29, 1.82) is 0 Å². The molecule has 0 saturated carbocycles. The zero-order valence-electron chi connectivity index (χ0n) is 11.9. The highest BCUT2D eigenvalue weighted by Crippen LogP contribution is 2.35. The molecule has 108 valence electrons. The molecule has 2 aromatic rings. The Morgan fingerprint density at radius 3 is 2.75 bits per heavy atom. The van der Waals surface area contributed by atoms with Crippen molar-refractivity contribution in [2.75, 3.05) is 17.6 Å². The van der Waals surface area contributed by atoms with Crippen molar-refractivity contribution in [3.8, 4) is 5.75 Å². The summed E-state index contributed by atoms with van der Waals surface area (Å²) in [6.07, 6.45) is 2.21. The fraction of sp³-hybridized carbons (Fsp3) is 0.400. The molecule has 5 heteroatoms. The Labute approximate surface area is 124 Å². The van der Waals surface area contributed by atoms with Gasteiger partial charge in [-0.25, -0.2) is 0 Å². The minimum absolute atomic E-state index is 0.0959. The molecule has 0 spiro atoms. The van der Waals surface area contributed by atoms with Crippen molar-refractivity contribution >= 4 is 22.4 Å². The summed E-state index contributed by atoms with van der Waals surface area (Å²) in [5, 5.41) is 4.28. The molecule has 1 heterocycles. The molecule has 1 aromatic heterocycles. The average Bonchev–Trinajstić information content (AvgIpc) is 2.77. The Morgan fingerprint density at radius 1 is 1.30 bits per heavy atom. The zero-order chi connectivity index (χ0) is 14.4. The lowest BCUT2D eigenvalue weighted by Gasteiger charge is -2.11. The third-order valence-electron chi connectivity index (χ3n) is 2.80. The minimum Gasteiger partial charge on any atom is -0.484 e. The number of aryl methyl sites for hydroxylation is 1. The van der Waals surface area contributed by atoms with E-state index in [1.54, 1.807) is 0 Å². The van der Waals surface area contributed by atoms with E-state index in [4.69, 9.17) is 10.5 Å². The smallest absolute Gasteiger partial charge is 0.197 e. The van der Waals surface area contributed by atoms with Crippen LogP contribution >= 0.6 is 11.5 Å². The van der Waals surface area contributed by atoms with E-state index >= 15 is 0 Å². The summed E-state index contributed by atoms with van der Waals surface area (Å²) >= 11 is 1.35. The zero-order valence-corrected chi connectivity index (χ0v) is 12.7. The van der Waals surface area contributed by atoms with Gasteiger partial charge in [0.2, 0.25) is 0 Å². The SMILES string of the molecule is CC(C)Oc1c(N)nsc1NCCCc1ccccc1. The molecule has 20 heavy (non-hydrogen) atoms. The van der Waals surface area contributed by atoms with Gasteiger partial charge in [0.1, 0.15) is 0 Å². The predicted molar refractivity (Wildman–Crippen MR) is 85.5 cm³/mol. The van der Waals surface area contributed by atoms with Gasteiger partial charge in [0.15, 0.2) is 16.6 Å². The van der Waals surface area contributed by atoms with Gasteiger partial charge in [-0.2, -0.15) is 4.37 Å². The summed E-state index contributed by atoms with van der Waals surface area (Å²) in [5.41, 5.74) is 7.18. The molecule has 0 unspecified atom stereocenters. The van der Waals surface area contributed by atoms with Crippen LogP contribution in [-0.4, -0.2) is 17.0 Å². The number of nitrogens with zero attached hydrogens (tertiary/aromatic N) is 1. The maximum atomic E-state index is 5.82. The van der Waals surface area contributed by atoms with E-state index < -0.39 is 0 Å². The van der Waals surface area contributed by atoms with E-state index in [0.717, 1.165) is 24.4 Å². The number of ether oxygens (including phenoxy) is 1. The van der Waals surface area contributed by atoms with Crippen LogP contribution in [0.1, 0.15) is 25.8 Å². The van der Waals surface area contributed by atoms with E-state index in [-0.39, 0.29) is 6.10 Å². The molecule has 0 bridgehead atoms. The molecule has 4 nitrogen and oxygen atoms in total. The van der Waals surface area contributed by atoms with Gasteiger partial charge in [-0.3, -0.25) is 0 Å². The number of aromatic nitrogens is 1. The first-order chi connectivity index (χ1) is 9.66. The predicted octanol–water partition coefficient (Wildman–Crippen LogP) is 3.56. The fourth-order valence-electron chi connectivity index (χ4n) is 1.90. The molecular weight excluding hydrogens is 270 g/mol. The topological polar surface area (TPSA) is 60.2 Å². The summed E-state index contributed by atoms with van der Waals surface area (Å²) in [7, 11) is 0. The van der Waals surface area contributed by atoms with Gasteiger partial charge < -0.3 is 15.8 Å². The molecule has 2 rings (SSSR count). The molecule has 0 atom stereocenters. The molecule has 0 aliphatic heterocycles. The Morgan fingerprint density at radius 2 is 2.05 bits per heavy atom. The monoisotopic (exact) mass is 291 g/mol. The van der Waals surface area contributed by atoms with Crippen LogP contribution < -0.4 is 15.8 Å². The molecule has 0 fully saturated rings. The van der Waals surface area contributed by atoms with Gasteiger partial charge in [-0.15, -0.1) is 0 Å². The summed E-state index contributed by atoms with van der Waals surface area (Å²) in [4.78, 5) is 0. The van der Waals surface area contributed by atoms with Crippen molar-refractivity contribution in [2.24, 2.45) is 0 Å². The van der Waals surface area contributed by atoms with Crippen LogP contribution in [0, 0.1) is 0 Å². The molecule has 0 aliphatic carbocycles. The number of benzene rings is 1. The number of hydrogen-bond donors (Lipinski definition) is 2. The van der Waals surface area contributed by atoms with Gasteiger partial charge in [0.05, 0.1) is 6.10 Å². The van der Waals surface area contributed by atoms with Crippen LogP contribution in [-0.2, 0) is 6.42 Å². The standard InChI is InChI=1S/C15H21N3OS/c1-11(2)19-13-14(16)18-20-15(13)17-10-6-9-12-7-4-3-5-8-12/h3-5,7-8,11,17H,6,9-10H2,1-2H3,(H2,16,18). The fourth-order valence-corrected chi connectivity index (χ4v) is 2.57. The average molecular weight is 291 g/mol. The third-order valence-corrected chi connectivity index (χ3v) is 3.60. The van der Waals surface area contributed by atoms with Crippen molar-refractivity contribution in [1.82, 2.24) is 4.37 Å². The van der Waals surface area contributed by atoms with Gasteiger partial charge in [0.25, 0.3) is 0 Å². The highest BCUT2D eigenvalue weighted by atomic mass is 32.1. The molecule has 0 aliphatic rings. The van der Waals surface area contributed by atoms with Crippen LogP contribution in [0.5, 0.6) is 5.75 Å². The maximum Gasteiger partial charge on any atom is 0.197 e. The quantitative estimate of drug-likeness (QED) is 0.766. The molecule has 0 saturated heterocycles. The highest BCUT2D eigenvalue weighted by Gasteiger charge is 2.13. The van der Waals surface area contributed by atoms with E-state index in [2.05, 4.69) is 34.0 Å². The van der Waals surface area contributed by atoms with Gasteiger partial charge in [-0.05, 0) is 43.8 Å². The highest BCUT2D eigenvalue weighted by molar-refractivity contribution is 7.11. The number of rotatable bonds is 7. The van der Waals surface area contributed by atoms with Gasteiger partial charge in [0, 0.05) is 6.54 Å². The van der Waals surface area contributed by atoms with Gasteiger partial charge in [-0.1, -0.05) is 30.3 Å². The number of nitrogens with two attached hydrogens (primary N) is 1. The van der Waals surface area contributed by atoms with Crippen molar-refractivity contribution in [3.63, 3.8) is 0 Å².